The van der Waals surface area contributed by atoms with E-state index in [1.54, 1.807) is 0 Å². The number of hydrogen-bond acceptors (Lipinski definition) is 0. The fraction of sp³-hybridized carbons (Fsp3) is 0. The monoisotopic (exact) mass is 1070 g/mol. The second-order valence-electron chi connectivity index (χ2n) is 0. The average Bonchev–Trinajstić information content (AvgIpc) is 0. The zero-order valence-electron chi connectivity index (χ0n) is 10.2. The van der Waals surface area contributed by atoms with Crippen LogP contribution in [0, 0.1) is 0 Å². The van der Waals surface area contributed by atoms with Crippen LogP contribution in [0.1, 0.15) is 0 Å². The second-order valence-corrected chi connectivity index (χ2v) is 0. The molecule has 12 nitrogen and oxygen atoms in total. The maximum Gasteiger partial charge on any atom is 2.00 e. The molecule has 0 N–H and O–H groups in total. The van der Waals surface area contributed by atoms with E-state index in [9.17, 15) is 0 Å². The van der Waals surface area contributed by atoms with Gasteiger partial charge in [0.1, 0.15) is 0 Å². The normalized spacial score (nSPS) is 0. The summed E-state index contributed by atoms with van der Waals surface area (Å²) in [5.41, 5.74) is 0. The molecule has 0 aliphatic rings. The molecule has 0 aromatic heterocycles. The molecule has 0 heterocycles. The van der Waals surface area contributed by atoms with Crippen LogP contribution in [0.5, 0.6) is 0 Å². The van der Waals surface area contributed by atoms with Crippen LogP contribution < -0.4 is 12.4 Å². The van der Waals surface area contributed by atoms with E-state index < -0.39 is 0 Å². The molecule has 0 bridgehead atoms. The molecule has 0 atom stereocenters. The van der Waals surface area contributed by atoms with Gasteiger partial charge >= 0.3 is 244 Å². The topological polar surface area (TPSA) is 342 Å². The molecule has 21 heavy (non-hydrogen) atoms. The molecule has 119 valence electrons. The van der Waals surface area contributed by atoms with Crippen LogP contribution in [0.25, 0.3) is 0 Å². The van der Waals surface area contributed by atoms with Gasteiger partial charge < -0.3 is 78.1 Å². The minimum Gasteiger partial charge on any atom is -2.00 e. The Morgan fingerprint density at radius 3 is 0.190 bits per heavy atom. The summed E-state index contributed by atoms with van der Waals surface area (Å²) in [6, 6.07) is 0. The molecule has 0 saturated heterocycles. The van der Waals surface area contributed by atoms with E-state index in [0.717, 1.165) is 0 Å². The molecule has 3 radical (unpaired) electrons. The van der Waals surface area contributed by atoms with E-state index >= 15 is 0 Å². The van der Waals surface area contributed by atoms with Gasteiger partial charge in [-0.3, -0.25) is 0 Å². The molecule has 0 aromatic rings. The summed E-state index contributed by atoms with van der Waals surface area (Å²) >= 11 is 0. The van der Waals surface area contributed by atoms with Gasteiger partial charge in [0.15, 0.2) is 0 Å². The van der Waals surface area contributed by atoms with E-state index in [4.69, 9.17) is 0 Å². The van der Waals surface area contributed by atoms with E-state index in [-0.39, 0.29) is 378 Å². The van der Waals surface area contributed by atoms with Crippen LogP contribution in [-0.4, -0.2) is 244 Å². The third-order valence-electron chi connectivity index (χ3n) is 0. The summed E-state index contributed by atoms with van der Waals surface area (Å²) < 4.78 is 0. The molecule has 0 aromatic carbocycles. The maximum atomic E-state index is 0. The SMILES string of the molecule is [Ba+2].[Ba+2].[Ba+2].[Ba+2].[Ba+2].[Cl-].[O-2].[O-2].[O-2].[O-2].[O-2].[O-2].[O-2].[O-2].[O-2].[O-2].[O-2].[O-2].[V].[V].[V]. The molecular weight excluding hydrogens is 1070 g/mol. The molecule has 0 unspecified atom stereocenters. The average molecular weight is 1070 g/mol. The van der Waals surface area contributed by atoms with Crippen molar-refractivity contribution in [1.82, 2.24) is 0 Å². The van der Waals surface area contributed by atoms with Gasteiger partial charge in [-0.05, 0) is 0 Å². The van der Waals surface area contributed by atoms with Gasteiger partial charge in [-0.1, -0.05) is 0 Å². The van der Waals surface area contributed by atoms with Gasteiger partial charge in [-0.25, -0.2) is 0 Å². The summed E-state index contributed by atoms with van der Waals surface area (Å²) in [6.45, 7) is 0. The van der Waals surface area contributed by atoms with Gasteiger partial charge in [-0.2, -0.15) is 0 Å². The predicted octanol–water partition coefficient (Wildman–Crippen LogP) is -6.33. The Bertz CT molecular complexity index is 32.9. The summed E-state index contributed by atoms with van der Waals surface area (Å²) in [6.07, 6.45) is 0. The Hall–Kier alpha value is 9.42. The number of hydrogen-bond donors (Lipinski definition) is 0. The predicted molar refractivity (Wildman–Crippen MR) is 37.0 cm³/mol. The van der Waals surface area contributed by atoms with E-state index in [2.05, 4.69) is 0 Å². The fourth-order valence-electron chi connectivity index (χ4n) is 0. The van der Waals surface area contributed by atoms with Gasteiger partial charge in [0.05, 0.1) is 0 Å². The third kappa shape index (κ3) is 249. The Morgan fingerprint density at radius 1 is 0.190 bits per heavy atom. The molecular formula is Ba5ClO12V3-15. The van der Waals surface area contributed by atoms with Gasteiger partial charge in [0.25, 0.3) is 0 Å². The van der Waals surface area contributed by atoms with Crippen molar-refractivity contribution in [2.45, 2.75) is 0 Å². The van der Waals surface area contributed by atoms with Gasteiger partial charge in [-0.15, -0.1) is 0 Å². The third-order valence-corrected chi connectivity index (χ3v) is 0. The molecule has 0 rings (SSSR count). The van der Waals surface area contributed by atoms with Crippen molar-refractivity contribution < 1.29 is 134 Å². The van der Waals surface area contributed by atoms with E-state index in [1.807, 2.05) is 0 Å². The Kier molecular flexibility index (Phi) is 3780. The first-order chi connectivity index (χ1) is 0. The second kappa shape index (κ2) is 268. The van der Waals surface area contributed by atoms with Gasteiger partial charge in [0, 0.05) is 55.7 Å². The molecule has 0 aliphatic heterocycles. The van der Waals surface area contributed by atoms with Crippen LogP contribution in [-0.2, 0) is 121 Å². The van der Waals surface area contributed by atoms with Crippen molar-refractivity contribution in [1.29, 1.82) is 0 Å². The summed E-state index contributed by atoms with van der Waals surface area (Å²) in [7, 11) is 0. The van der Waals surface area contributed by atoms with Gasteiger partial charge in [0.2, 0.25) is 0 Å². The Morgan fingerprint density at radius 2 is 0.190 bits per heavy atom. The van der Waals surface area contributed by atoms with Crippen molar-refractivity contribution in [3.63, 3.8) is 0 Å². The smallest absolute Gasteiger partial charge is 2.00 e. The van der Waals surface area contributed by atoms with Crippen molar-refractivity contribution in [3.05, 3.63) is 0 Å². The molecule has 0 saturated carbocycles. The van der Waals surface area contributed by atoms with E-state index in [1.165, 1.54) is 0 Å². The zero-order valence-corrected chi connectivity index (χ0v) is 37.3. The van der Waals surface area contributed by atoms with Crippen molar-refractivity contribution in [3.8, 4) is 0 Å². The summed E-state index contributed by atoms with van der Waals surface area (Å²) in [5, 5.41) is 0. The minimum atomic E-state index is 0. The summed E-state index contributed by atoms with van der Waals surface area (Å²) in [5.74, 6) is 0. The number of halogens is 1. The molecule has 0 amide bonds. The first-order valence-electron chi connectivity index (χ1n) is 0. The quantitative estimate of drug-likeness (QED) is 0.205. The first-order valence-corrected chi connectivity index (χ1v) is 0. The van der Waals surface area contributed by atoms with Crippen molar-refractivity contribution in [2.75, 3.05) is 0 Å². The summed E-state index contributed by atoms with van der Waals surface area (Å²) in [4.78, 5) is 0. The molecule has 21 heteroatoms. The van der Waals surface area contributed by atoms with Crippen molar-refractivity contribution in [2.24, 2.45) is 0 Å². The molecule has 0 aliphatic carbocycles. The Labute approximate surface area is 366 Å². The Balaban J connectivity index is 0. The minimum absolute atomic E-state index is 0. The van der Waals surface area contributed by atoms with Crippen LogP contribution in [0.2, 0.25) is 0 Å². The number of rotatable bonds is 0. The zero-order chi connectivity index (χ0) is 0. The van der Waals surface area contributed by atoms with Crippen molar-refractivity contribution >= 4 is 244 Å². The fourth-order valence-corrected chi connectivity index (χ4v) is 0. The maximum absolute atomic E-state index is 0. The standard InChI is InChI=1S/5Ba.ClH.12O.3V/h;;;;;1H;;;;;;;;;;;;;;;/q5*+2;;12*-2;;;/p-1. The first kappa shape index (κ1) is 297. The van der Waals surface area contributed by atoms with E-state index in [0.29, 0.717) is 0 Å². The van der Waals surface area contributed by atoms with Crippen LogP contribution in [0.4, 0.5) is 0 Å². The molecule has 0 spiro atoms. The van der Waals surface area contributed by atoms with Crippen LogP contribution >= 0.6 is 0 Å². The largest absolute Gasteiger partial charge is 2.00 e. The van der Waals surface area contributed by atoms with Crippen LogP contribution in [0.3, 0.4) is 0 Å². The van der Waals surface area contributed by atoms with Crippen LogP contribution in [0.15, 0.2) is 0 Å². The molecule has 0 fully saturated rings.